The first-order chi connectivity index (χ1) is 33.9. The Balaban J connectivity index is 0.000000166. The average Bonchev–Trinajstić information content (AvgIpc) is 4.24. The third-order valence-corrected chi connectivity index (χ3v) is 13.1. The van der Waals surface area contributed by atoms with Gasteiger partial charge in [0, 0.05) is 57.8 Å². The molecule has 4 aromatic heterocycles. The number of fused-ring (bicyclic) bond motifs is 3. The van der Waals surface area contributed by atoms with Crippen LogP contribution in [-0.4, -0.2) is 90.9 Å². The van der Waals surface area contributed by atoms with Crippen molar-refractivity contribution in [3.63, 3.8) is 0 Å². The summed E-state index contributed by atoms with van der Waals surface area (Å²) in [7, 11) is 3.21. The summed E-state index contributed by atoms with van der Waals surface area (Å²) in [5, 5.41) is 6.14. The maximum atomic E-state index is 12.9. The van der Waals surface area contributed by atoms with Gasteiger partial charge in [-0.25, -0.2) is 19.9 Å². The van der Waals surface area contributed by atoms with Gasteiger partial charge in [0.15, 0.2) is 0 Å². The Kier molecular flexibility index (Phi) is 17.6. The summed E-state index contributed by atoms with van der Waals surface area (Å²) in [5.74, 6) is 8.48. The van der Waals surface area contributed by atoms with Gasteiger partial charge in [0.1, 0.15) is 38.9 Å². The third kappa shape index (κ3) is 11.5. The van der Waals surface area contributed by atoms with Crippen LogP contribution in [0.15, 0.2) is 110 Å². The van der Waals surface area contributed by atoms with Gasteiger partial charge in [0.05, 0.1) is 45.0 Å². The van der Waals surface area contributed by atoms with Gasteiger partial charge in [-0.05, 0) is 97.7 Å². The van der Waals surface area contributed by atoms with Gasteiger partial charge < -0.3 is 29.2 Å². The summed E-state index contributed by atoms with van der Waals surface area (Å²) >= 11 is 12.3. The van der Waals surface area contributed by atoms with E-state index in [0.717, 1.165) is 70.0 Å². The molecule has 2 unspecified atom stereocenters. The topological polar surface area (TPSA) is 142 Å². The molecule has 2 aliphatic rings. The Bertz CT molecular complexity index is 3060. The molecule has 0 bridgehead atoms. The van der Waals surface area contributed by atoms with Crippen LogP contribution in [0.5, 0.6) is 11.5 Å². The fourth-order valence-electron chi connectivity index (χ4n) is 8.52. The van der Waals surface area contributed by atoms with Crippen LogP contribution in [0.1, 0.15) is 72.8 Å². The molecule has 12 nitrogen and oxygen atoms in total. The highest BCUT2D eigenvalue weighted by Gasteiger charge is 2.34. The van der Waals surface area contributed by atoms with Gasteiger partial charge in [0.25, 0.3) is 11.8 Å². The fraction of sp³-hybridized carbons (Fsp3) is 0.250. The average molecular weight is 974 g/mol. The molecule has 4 atom stereocenters. The highest BCUT2D eigenvalue weighted by Crippen LogP contribution is 2.34. The van der Waals surface area contributed by atoms with Crippen molar-refractivity contribution in [2.45, 2.75) is 52.6 Å². The lowest BCUT2D eigenvalue weighted by molar-refractivity contribution is 0.0723. The molecule has 4 aromatic carbocycles. The number of hydrogen-bond donors (Lipinski definition) is 2. The first-order valence-corrected chi connectivity index (χ1v) is 23.3. The molecule has 2 fully saturated rings. The molecule has 0 radical (unpaired) electrons. The van der Waals surface area contributed by atoms with Crippen molar-refractivity contribution in [2.24, 2.45) is 11.8 Å². The minimum Gasteiger partial charge on any atom is -0.496 e. The highest BCUT2D eigenvalue weighted by molar-refractivity contribution is 6.31. The molecule has 0 saturated carbocycles. The van der Waals surface area contributed by atoms with Crippen LogP contribution < -0.4 is 9.47 Å². The molecule has 2 amide bonds. The number of rotatable bonds is 5. The third-order valence-electron chi connectivity index (χ3n) is 12.7. The zero-order chi connectivity index (χ0) is 50.5. The second-order valence-corrected chi connectivity index (χ2v) is 17.4. The number of carbonyl (C=O) groups excluding carboxylic acids is 2. The number of methoxy groups -OCH3 is 2. The monoisotopic (exact) mass is 972 g/mol. The van der Waals surface area contributed by atoms with E-state index in [-0.39, 0.29) is 23.9 Å². The molecule has 6 heterocycles. The van der Waals surface area contributed by atoms with Gasteiger partial charge in [0.2, 0.25) is 0 Å². The number of hydrogen-bond acceptors (Lipinski definition) is 8. The Hall–Kier alpha value is -7.82. The highest BCUT2D eigenvalue weighted by atomic mass is 35.5. The Labute approximate surface area is 419 Å². The first kappa shape index (κ1) is 51.6. The largest absolute Gasteiger partial charge is 0.496 e. The number of benzene rings is 4. The van der Waals surface area contributed by atoms with Crippen molar-refractivity contribution >= 4 is 67.3 Å². The second-order valence-electron chi connectivity index (χ2n) is 16.7. The van der Waals surface area contributed by atoms with Crippen molar-refractivity contribution in [3.05, 3.63) is 143 Å². The van der Waals surface area contributed by atoms with Gasteiger partial charge >= 0.3 is 0 Å². The van der Waals surface area contributed by atoms with E-state index in [1.807, 2.05) is 58.5 Å². The lowest BCUT2D eigenvalue weighted by Crippen LogP contribution is -2.36. The molecule has 2 aliphatic heterocycles. The fourth-order valence-corrected chi connectivity index (χ4v) is 8.91. The number of terminal acetylenes is 2. The Morgan fingerprint density at radius 3 is 1.59 bits per heavy atom. The minimum atomic E-state index is -0.0578. The van der Waals surface area contributed by atoms with E-state index in [4.69, 9.17) is 32.7 Å². The number of ether oxygens (including phenoxy) is 2. The number of aromatic nitrogens is 6. The summed E-state index contributed by atoms with van der Waals surface area (Å²) < 4.78 is 10.7. The summed E-state index contributed by atoms with van der Waals surface area (Å²) in [6.07, 6.45) is 24.9. The van der Waals surface area contributed by atoms with Crippen molar-refractivity contribution in [1.82, 2.24) is 39.7 Å². The van der Waals surface area contributed by atoms with Crippen molar-refractivity contribution in [3.8, 4) is 60.3 Å². The molecule has 2 N–H and O–H groups in total. The van der Waals surface area contributed by atoms with Gasteiger partial charge in [-0.1, -0.05) is 85.4 Å². The summed E-state index contributed by atoms with van der Waals surface area (Å²) in [5.41, 5.74) is 4.75. The van der Waals surface area contributed by atoms with E-state index in [1.54, 1.807) is 45.2 Å². The smallest absolute Gasteiger partial charge is 0.273 e. The number of likely N-dealkylation sites (tertiary alicyclic amines) is 2. The molecular weight excluding hydrogens is 920 g/mol. The van der Waals surface area contributed by atoms with Crippen LogP contribution >= 0.6 is 23.2 Å². The predicted octanol–water partition coefficient (Wildman–Crippen LogP) is 11.4. The van der Waals surface area contributed by atoms with E-state index >= 15 is 0 Å². The summed E-state index contributed by atoms with van der Waals surface area (Å²) in [6.45, 7) is 10.0. The first-order valence-electron chi connectivity index (χ1n) is 22.5. The molecule has 356 valence electrons. The molecule has 70 heavy (non-hydrogen) atoms. The lowest BCUT2D eigenvalue weighted by atomic mass is 10.0. The number of pyridine rings is 2. The number of imidazole rings is 2. The lowest BCUT2D eigenvalue weighted by Gasteiger charge is -2.23. The molecule has 0 spiro atoms. The normalized spacial score (nSPS) is 16.7. The SMILES string of the molecule is C#C.C#C.C(#Cc1cnc[nH]1)c1ccc2cc(-c3cnc[nH]3)ccc2c1.COc1cccc2c(C(=O)N3CCC(C)[C@H]3C)nc(Cl)cc12.COc1cccc2c(C(=O)N3CC[C@@H](C)C3C)nc(Cl)cc12. The van der Waals surface area contributed by atoms with E-state index in [9.17, 15) is 9.59 Å². The maximum absolute atomic E-state index is 12.9. The quantitative estimate of drug-likeness (QED) is 0.128. The van der Waals surface area contributed by atoms with Crippen LogP contribution in [0.4, 0.5) is 0 Å². The van der Waals surface area contributed by atoms with Crippen LogP contribution in [0.3, 0.4) is 0 Å². The van der Waals surface area contributed by atoms with E-state index in [0.29, 0.717) is 45.0 Å². The number of nitrogens with one attached hydrogen (secondary N) is 2. The van der Waals surface area contributed by atoms with E-state index in [1.165, 1.54) is 10.8 Å². The number of carbonyl (C=O) groups is 2. The van der Waals surface area contributed by atoms with Gasteiger partial charge in [-0.2, -0.15) is 0 Å². The van der Waals surface area contributed by atoms with Crippen molar-refractivity contribution in [1.29, 1.82) is 0 Å². The molecule has 10 rings (SSSR count). The van der Waals surface area contributed by atoms with Crippen LogP contribution in [0, 0.1) is 49.4 Å². The number of halogens is 2. The number of amides is 2. The maximum Gasteiger partial charge on any atom is 0.273 e. The molecule has 8 aromatic rings. The zero-order valence-corrected chi connectivity index (χ0v) is 41.4. The van der Waals surface area contributed by atoms with Crippen molar-refractivity contribution in [2.75, 3.05) is 27.3 Å². The van der Waals surface area contributed by atoms with E-state index in [2.05, 4.69) is 125 Å². The molecule has 0 aliphatic carbocycles. The zero-order valence-electron chi connectivity index (χ0n) is 39.9. The summed E-state index contributed by atoms with van der Waals surface area (Å²) in [6, 6.07) is 27.7. The Morgan fingerprint density at radius 2 is 1.13 bits per heavy atom. The van der Waals surface area contributed by atoms with Crippen LogP contribution in [0.2, 0.25) is 10.3 Å². The van der Waals surface area contributed by atoms with Crippen LogP contribution in [-0.2, 0) is 0 Å². The number of aromatic amines is 2. The minimum absolute atomic E-state index is 0.0578. The van der Waals surface area contributed by atoms with Crippen LogP contribution in [0.25, 0.3) is 43.6 Å². The second kappa shape index (κ2) is 24.0. The molecule has 14 heteroatoms. The standard InChI is InChI=1S/C18H12N4.2C17H19ClN2O2.2C2H2/c1-3-15-8-16(18-10-20-12-22-18)5-4-14(15)7-13(1)2-6-17-9-19-11-21-17;2*1-10-7-8-20(11(10)2)17(21)16-12-5-4-6-14(22-3)13(12)9-15(18)19-16;2*1-2/h1,3-5,7-12H,(H,19,21)(H,20,22);2*4-6,9-11H,7-8H2,1-3H3;2*1-2H/t;10?,11-;10-,11?;;/m.11../s1. The van der Waals surface area contributed by atoms with Gasteiger partial charge in [-0.15, -0.1) is 25.7 Å². The number of nitrogens with zero attached hydrogens (tertiary/aromatic N) is 6. The van der Waals surface area contributed by atoms with Gasteiger partial charge in [-0.3, -0.25) is 9.59 Å². The molecule has 2 saturated heterocycles. The van der Waals surface area contributed by atoms with Crippen molar-refractivity contribution < 1.29 is 19.1 Å². The molecular formula is C56H54Cl2N8O4. The predicted molar refractivity (Wildman–Crippen MR) is 281 cm³/mol. The summed E-state index contributed by atoms with van der Waals surface area (Å²) in [4.78, 5) is 52.4. The van der Waals surface area contributed by atoms with E-state index < -0.39 is 0 Å². The number of H-pyrrole nitrogens is 2. The Morgan fingerprint density at radius 1 is 0.629 bits per heavy atom.